The standard InChI is InChI=1S/C16H22N2S/c1-12-5-10-16(19-12)11-17-13(2)14-6-8-15(9-7-14)18(3)4/h5-10,13,17H,11H2,1-4H3. The molecule has 1 N–H and O–H groups in total. The normalized spacial score (nSPS) is 12.4. The van der Waals surface area contributed by atoms with E-state index in [1.165, 1.54) is 21.0 Å². The number of nitrogens with zero attached hydrogens (tertiary/aromatic N) is 1. The minimum atomic E-state index is 0.374. The molecular formula is C16H22N2S. The van der Waals surface area contributed by atoms with Crippen molar-refractivity contribution in [3.8, 4) is 0 Å². The van der Waals surface area contributed by atoms with Crippen molar-refractivity contribution < 1.29 is 0 Å². The smallest absolute Gasteiger partial charge is 0.0361 e. The van der Waals surface area contributed by atoms with Crippen LogP contribution < -0.4 is 10.2 Å². The molecular weight excluding hydrogens is 252 g/mol. The van der Waals surface area contributed by atoms with Gasteiger partial charge in [-0.1, -0.05) is 12.1 Å². The summed E-state index contributed by atoms with van der Waals surface area (Å²) in [7, 11) is 4.13. The van der Waals surface area contributed by atoms with E-state index in [-0.39, 0.29) is 0 Å². The summed E-state index contributed by atoms with van der Waals surface area (Å²) in [6, 6.07) is 13.5. The predicted molar refractivity (Wildman–Crippen MR) is 85.1 cm³/mol. The molecule has 1 aromatic carbocycles. The molecule has 0 aliphatic heterocycles. The van der Waals surface area contributed by atoms with Crippen LogP contribution >= 0.6 is 11.3 Å². The van der Waals surface area contributed by atoms with Gasteiger partial charge in [0.05, 0.1) is 0 Å². The maximum Gasteiger partial charge on any atom is 0.0361 e. The highest BCUT2D eigenvalue weighted by Gasteiger charge is 2.06. The molecule has 102 valence electrons. The van der Waals surface area contributed by atoms with Crippen LogP contribution in [-0.2, 0) is 6.54 Å². The molecule has 0 amide bonds. The van der Waals surface area contributed by atoms with E-state index in [1.54, 1.807) is 0 Å². The van der Waals surface area contributed by atoms with E-state index in [2.05, 4.69) is 74.6 Å². The van der Waals surface area contributed by atoms with Gasteiger partial charge < -0.3 is 10.2 Å². The van der Waals surface area contributed by atoms with Gasteiger partial charge in [0.2, 0.25) is 0 Å². The van der Waals surface area contributed by atoms with Crippen molar-refractivity contribution in [2.45, 2.75) is 26.4 Å². The summed E-state index contributed by atoms with van der Waals surface area (Å²) in [6.07, 6.45) is 0. The molecule has 0 fully saturated rings. The first-order valence-corrected chi connectivity index (χ1v) is 7.44. The van der Waals surface area contributed by atoms with Gasteiger partial charge >= 0.3 is 0 Å². The first-order chi connectivity index (χ1) is 9.06. The van der Waals surface area contributed by atoms with E-state index in [0.29, 0.717) is 6.04 Å². The Balaban J connectivity index is 1.94. The molecule has 1 heterocycles. The van der Waals surface area contributed by atoms with Crippen molar-refractivity contribution in [3.05, 3.63) is 51.7 Å². The second kappa shape index (κ2) is 6.22. The molecule has 2 rings (SSSR count). The first-order valence-electron chi connectivity index (χ1n) is 6.62. The number of benzene rings is 1. The predicted octanol–water partition coefficient (Wildman–Crippen LogP) is 3.97. The molecule has 0 saturated carbocycles. The minimum absolute atomic E-state index is 0.374. The minimum Gasteiger partial charge on any atom is -0.378 e. The van der Waals surface area contributed by atoms with Crippen LogP contribution in [-0.4, -0.2) is 14.1 Å². The van der Waals surface area contributed by atoms with Gasteiger partial charge in [-0.15, -0.1) is 11.3 Å². The zero-order chi connectivity index (χ0) is 13.8. The number of nitrogens with one attached hydrogen (secondary N) is 1. The van der Waals surface area contributed by atoms with E-state index >= 15 is 0 Å². The van der Waals surface area contributed by atoms with Gasteiger partial charge in [-0.3, -0.25) is 0 Å². The lowest BCUT2D eigenvalue weighted by molar-refractivity contribution is 0.579. The molecule has 0 aliphatic carbocycles. The molecule has 0 saturated heterocycles. The Kier molecular flexibility index (Phi) is 4.61. The van der Waals surface area contributed by atoms with E-state index in [1.807, 2.05) is 11.3 Å². The van der Waals surface area contributed by atoms with Crippen LogP contribution in [0.1, 0.15) is 28.3 Å². The monoisotopic (exact) mass is 274 g/mol. The highest BCUT2D eigenvalue weighted by molar-refractivity contribution is 7.11. The summed E-state index contributed by atoms with van der Waals surface area (Å²) in [4.78, 5) is 4.89. The van der Waals surface area contributed by atoms with Crippen LogP contribution in [0.5, 0.6) is 0 Å². The van der Waals surface area contributed by atoms with Crippen LogP contribution in [0.25, 0.3) is 0 Å². The molecule has 1 atom stereocenters. The summed E-state index contributed by atoms with van der Waals surface area (Å²) in [6.45, 7) is 5.30. The van der Waals surface area contributed by atoms with Gasteiger partial charge in [0.25, 0.3) is 0 Å². The zero-order valence-electron chi connectivity index (χ0n) is 12.1. The molecule has 2 aromatic rings. The molecule has 1 unspecified atom stereocenters. The van der Waals surface area contributed by atoms with Crippen LogP contribution in [0, 0.1) is 6.92 Å². The van der Waals surface area contributed by atoms with Crippen molar-refractivity contribution >= 4 is 17.0 Å². The summed E-state index contributed by atoms with van der Waals surface area (Å²) < 4.78 is 0. The third kappa shape index (κ3) is 3.82. The second-order valence-corrected chi connectivity index (χ2v) is 6.47. The molecule has 0 aliphatic rings. The summed E-state index contributed by atoms with van der Waals surface area (Å²) in [5, 5.41) is 3.57. The van der Waals surface area contributed by atoms with Crippen molar-refractivity contribution in [3.63, 3.8) is 0 Å². The number of hydrogen-bond acceptors (Lipinski definition) is 3. The molecule has 3 heteroatoms. The Bertz CT molecular complexity index is 514. The van der Waals surface area contributed by atoms with Gasteiger partial charge in [-0.2, -0.15) is 0 Å². The third-order valence-electron chi connectivity index (χ3n) is 3.29. The van der Waals surface area contributed by atoms with E-state index < -0.39 is 0 Å². The van der Waals surface area contributed by atoms with Crippen LogP contribution in [0.2, 0.25) is 0 Å². The van der Waals surface area contributed by atoms with Crippen LogP contribution in [0.3, 0.4) is 0 Å². The first kappa shape index (κ1) is 14.1. The average molecular weight is 274 g/mol. The molecule has 0 bridgehead atoms. The number of aryl methyl sites for hydroxylation is 1. The van der Waals surface area contributed by atoms with Crippen LogP contribution in [0.4, 0.5) is 5.69 Å². The molecule has 19 heavy (non-hydrogen) atoms. The third-order valence-corrected chi connectivity index (χ3v) is 4.29. The highest BCUT2D eigenvalue weighted by Crippen LogP contribution is 2.19. The number of thiophene rings is 1. The quantitative estimate of drug-likeness (QED) is 0.887. The molecule has 1 aromatic heterocycles. The summed E-state index contributed by atoms with van der Waals surface area (Å²) >= 11 is 1.86. The van der Waals surface area contributed by atoms with Crippen molar-refractivity contribution in [1.29, 1.82) is 0 Å². The highest BCUT2D eigenvalue weighted by atomic mass is 32.1. The van der Waals surface area contributed by atoms with Crippen molar-refractivity contribution in [2.75, 3.05) is 19.0 Å². The molecule has 0 radical (unpaired) electrons. The van der Waals surface area contributed by atoms with E-state index in [9.17, 15) is 0 Å². The largest absolute Gasteiger partial charge is 0.378 e. The Labute approximate surface area is 120 Å². The van der Waals surface area contributed by atoms with Gasteiger partial charge in [-0.05, 0) is 43.7 Å². The number of hydrogen-bond donors (Lipinski definition) is 1. The van der Waals surface area contributed by atoms with E-state index in [4.69, 9.17) is 0 Å². The zero-order valence-corrected chi connectivity index (χ0v) is 12.9. The lowest BCUT2D eigenvalue weighted by Crippen LogP contribution is -2.17. The van der Waals surface area contributed by atoms with Gasteiger partial charge in [0.1, 0.15) is 0 Å². The summed E-state index contributed by atoms with van der Waals surface area (Å²) in [5.41, 5.74) is 2.57. The fourth-order valence-corrected chi connectivity index (χ4v) is 2.85. The Morgan fingerprint density at radius 1 is 1.11 bits per heavy atom. The SMILES string of the molecule is Cc1ccc(CNC(C)c2ccc(N(C)C)cc2)s1. The van der Waals surface area contributed by atoms with Crippen LogP contribution in [0.15, 0.2) is 36.4 Å². The van der Waals surface area contributed by atoms with Gasteiger partial charge in [-0.25, -0.2) is 0 Å². The number of rotatable bonds is 5. The maximum absolute atomic E-state index is 3.57. The molecule has 0 spiro atoms. The Morgan fingerprint density at radius 3 is 2.32 bits per heavy atom. The Morgan fingerprint density at radius 2 is 1.79 bits per heavy atom. The topological polar surface area (TPSA) is 15.3 Å². The molecule has 2 nitrogen and oxygen atoms in total. The maximum atomic E-state index is 3.57. The van der Waals surface area contributed by atoms with Gasteiger partial charge in [0, 0.05) is 42.1 Å². The fraction of sp³-hybridized carbons (Fsp3) is 0.375. The lowest BCUT2D eigenvalue weighted by atomic mass is 10.1. The van der Waals surface area contributed by atoms with E-state index in [0.717, 1.165) is 6.54 Å². The Hall–Kier alpha value is -1.32. The fourth-order valence-electron chi connectivity index (χ4n) is 2.01. The van der Waals surface area contributed by atoms with Crippen molar-refractivity contribution in [2.24, 2.45) is 0 Å². The van der Waals surface area contributed by atoms with Gasteiger partial charge in [0.15, 0.2) is 0 Å². The van der Waals surface area contributed by atoms with Crippen molar-refractivity contribution in [1.82, 2.24) is 5.32 Å². The number of anilines is 1. The second-order valence-electron chi connectivity index (χ2n) is 5.10. The summed E-state index contributed by atoms with van der Waals surface area (Å²) in [5.74, 6) is 0. The lowest BCUT2D eigenvalue weighted by Gasteiger charge is -2.16. The average Bonchev–Trinajstić information content (AvgIpc) is 2.82.